The van der Waals surface area contributed by atoms with Crippen molar-refractivity contribution in [3.8, 4) is 0 Å². The van der Waals surface area contributed by atoms with Gasteiger partial charge in [0.1, 0.15) is 0 Å². The van der Waals surface area contributed by atoms with E-state index in [4.69, 9.17) is 5.73 Å². The Morgan fingerprint density at radius 2 is 1.81 bits per heavy atom. The van der Waals surface area contributed by atoms with Crippen molar-refractivity contribution in [1.29, 1.82) is 0 Å². The highest BCUT2D eigenvalue weighted by Gasteiger charge is 2.43. The zero-order chi connectivity index (χ0) is 15.5. The smallest absolute Gasteiger partial charge is 0.352 e. The third-order valence-electron chi connectivity index (χ3n) is 5.06. The van der Waals surface area contributed by atoms with Crippen LogP contribution in [0.2, 0.25) is 0 Å². The van der Waals surface area contributed by atoms with Crippen molar-refractivity contribution < 1.29 is 18.0 Å². The molecule has 0 saturated heterocycles. The van der Waals surface area contributed by atoms with Crippen molar-refractivity contribution in [2.45, 2.75) is 63.6 Å². The molecule has 21 heavy (non-hydrogen) atoms. The topological polar surface area (TPSA) is 55.1 Å². The molecule has 2 saturated carbocycles. The highest BCUT2D eigenvalue weighted by molar-refractivity contribution is 5.79. The van der Waals surface area contributed by atoms with Gasteiger partial charge in [-0.25, -0.2) is 0 Å². The van der Waals surface area contributed by atoms with E-state index in [1.54, 1.807) is 0 Å². The first-order valence-corrected chi connectivity index (χ1v) is 7.99. The van der Waals surface area contributed by atoms with Crippen LogP contribution in [-0.4, -0.2) is 24.7 Å². The molecule has 0 aromatic carbocycles. The molecule has 6 heteroatoms. The fourth-order valence-corrected chi connectivity index (χ4v) is 3.75. The number of hydrogen-bond acceptors (Lipinski definition) is 2. The Bertz CT molecular complexity index is 353. The molecular formula is C15H25F3N2O. The SMILES string of the molecule is NCC(NC(=O)C1CCCC(C(F)(F)F)C1)C1CCCC1. The molecule has 0 radical (unpaired) electrons. The van der Waals surface area contributed by atoms with Crippen LogP contribution in [0.15, 0.2) is 0 Å². The summed E-state index contributed by atoms with van der Waals surface area (Å²) in [6.45, 7) is 0.367. The predicted octanol–water partition coefficient (Wildman–Crippen LogP) is 2.99. The van der Waals surface area contributed by atoms with Crippen LogP contribution in [0.4, 0.5) is 13.2 Å². The Labute approximate surface area is 123 Å². The van der Waals surface area contributed by atoms with E-state index < -0.39 is 18.0 Å². The van der Waals surface area contributed by atoms with Gasteiger partial charge in [-0.2, -0.15) is 13.2 Å². The number of amides is 1. The second-order valence-corrected chi connectivity index (χ2v) is 6.50. The Morgan fingerprint density at radius 3 is 2.38 bits per heavy atom. The normalized spacial score (nSPS) is 29.3. The Hall–Kier alpha value is -0.780. The van der Waals surface area contributed by atoms with E-state index in [-0.39, 0.29) is 24.8 Å². The highest BCUT2D eigenvalue weighted by Crippen LogP contribution is 2.40. The van der Waals surface area contributed by atoms with Crippen molar-refractivity contribution in [2.75, 3.05) is 6.54 Å². The number of carbonyl (C=O) groups excluding carboxylic acids is 1. The van der Waals surface area contributed by atoms with Gasteiger partial charge >= 0.3 is 6.18 Å². The van der Waals surface area contributed by atoms with Crippen LogP contribution in [0.1, 0.15) is 51.4 Å². The summed E-state index contributed by atoms with van der Waals surface area (Å²) >= 11 is 0. The molecule has 2 rings (SSSR count). The van der Waals surface area contributed by atoms with E-state index >= 15 is 0 Å². The summed E-state index contributed by atoms with van der Waals surface area (Å²) in [6, 6.07) is -0.0775. The van der Waals surface area contributed by atoms with Gasteiger partial charge in [-0.3, -0.25) is 4.79 Å². The Balaban J connectivity index is 1.89. The van der Waals surface area contributed by atoms with Crippen LogP contribution in [0.25, 0.3) is 0 Å². The van der Waals surface area contributed by atoms with Crippen molar-refractivity contribution in [1.82, 2.24) is 5.32 Å². The van der Waals surface area contributed by atoms with Gasteiger partial charge in [0.15, 0.2) is 0 Å². The summed E-state index contributed by atoms with van der Waals surface area (Å²) in [5.41, 5.74) is 5.73. The third-order valence-corrected chi connectivity index (χ3v) is 5.06. The number of halogens is 3. The molecule has 2 aliphatic carbocycles. The van der Waals surface area contributed by atoms with E-state index in [2.05, 4.69) is 5.32 Å². The van der Waals surface area contributed by atoms with Crippen molar-refractivity contribution >= 4 is 5.91 Å². The molecular weight excluding hydrogens is 281 g/mol. The van der Waals surface area contributed by atoms with E-state index in [9.17, 15) is 18.0 Å². The zero-order valence-electron chi connectivity index (χ0n) is 12.3. The van der Waals surface area contributed by atoms with E-state index in [1.807, 2.05) is 0 Å². The maximum atomic E-state index is 12.8. The molecule has 0 bridgehead atoms. The minimum absolute atomic E-state index is 0.0721. The number of nitrogens with two attached hydrogens (primary N) is 1. The second kappa shape index (κ2) is 6.99. The molecule has 0 spiro atoms. The molecule has 0 heterocycles. The molecule has 1 amide bonds. The largest absolute Gasteiger partial charge is 0.391 e. The molecule has 3 atom stereocenters. The minimum atomic E-state index is -4.18. The van der Waals surface area contributed by atoms with Crippen LogP contribution in [-0.2, 0) is 4.79 Å². The molecule has 0 aromatic heterocycles. The van der Waals surface area contributed by atoms with E-state index in [0.29, 0.717) is 25.3 Å². The van der Waals surface area contributed by atoms with Gasteiger partial charge in [0.2, 0.25) is 5.91 Å². The lowest BCUT2D eigenvalue weighted by Crippen LogP contribution is -2.48. The monoisotopic (exact) mass is 306 g/mol. The summed E-state index contributed by atoms with van der Waals surface area (Å²) in [4.78, 5) is 12.3. The summed E-state index contributed by atoms with van der Waals surface area (Å²) in [5, 5.41) is 2.92. The standard InChI is InChI=1S/C15H25F3N2O/c16-15(17,18)12-7-3-6-11(8-12)14(21)20-13(9-19)10-4-1-2-5-10/h10-13H,1-9,19H2,(H,20,21). The van der Waals surface area contributed by atoms with Gasteiger partial charge in [0, 0.05) is 18.5 Å². The Kier molecular flexibility index (Phi) is 5.52. The van der Waals surface area contributed by atoms with Gasteiger partial charge in [-0.05, 0) is 38.0 Å². The van der Waals surface area contributed by atoms with Gasteiger partial charge in [-0.15, -0.1) is 0 Å². The van der Waals surface area contributed by atoms with Crippen molar-refractivity contribution in [3.05, 3.63) is 0 Å². The molecule has 3 N–H and O–H groups in total. The molecule has 2 aliphatic rings. The molecule has 2 fully saturated rings. The number of alkyl halides is 3. The molecule has 0 aliphatic heterocycles. The summed E-state index contributed by atoms with van der Waals surface area (Å²) < 4.78 is 38.4. The van der Waals surface area contributed by atoms with Crippen LogP contribution < -0.4 is 11.1 Å². The number of rotatable bonds is 4. The first-order chi connectivity index (χ1) is 9.91. The Morgan fingerprint density at radius 1 is 1.14 bits per heavy atom. The lowest BCUT2D eigenvalue weighted by atomic mass is 9.80. The molecule has 3 nitrogen and oxygen atoms in total. The molecule has 0 aromatic rings. The van der Waals surface area contributed by atoms with Gasteiger partial charge < -0.3 is 11.1 Å². The zero-order valence-corrected chi connectivity index (χ0v) is 12.3. The fraction of sp³-hybridized carbons (Fsp3) is 0.933. The van der Waals surface area contributed by atoms with Crippen LogP contribution >= 0.6 is 0 Å². The maximum absolute atomic E-state index is 12.8. The highest BCUT2D eigenvalue weighted by atomic mass is 19.4. The first kappa shape index (κ1) is 16.6. The van der Waals surface area contributed by atoms with Gasteiger partial charge in [0.05, 0.1) is 5.92 Å². The average Bonchev–Trinajstić information content (AvgIpc) is 2.97. The second-order valence-electron chi connectivity index (χ2n) is 6.50. The van der Waals surface area contributed by atoms with Crippen LogP contribution in [0.5, 0.6) is 0 Å². The number of carbonyl (C=O) groups is 1. The average molecular weight is 306 g/mol. The van der Waals surface area contributed by atoms with Crippen molar-refractivity contribution in [2.24, 2.45) is 23.5 Å². The molecule has 3 unspecified atom stereocenters. The van der Waals surface area contributed by atoms with E-state index in [1.165, 1.54) is 0 Å². The van der Waals surface area contributed by atoms with Crippen LogP contribution in [0, 0.1) is 17.8 Å². The summed E-state index contributed by atoms with van der Waals surface area (Å²) in [5.74, 6) is -1.68. The maximum Gasteiger partial charge on any atom is 0.391 e. The summed E-state index contributed by atoms with van der Waals surface area (Å²) in [7, 11) is 0. The number of nitrogens with one attached hydrogen (secondary N) is 1. The predicted molar refractivity (Wildman–Crippen MR) is 74.4 cm³/mol. The fourth-order valence-electron chi connectivity index (χ4n) is 3.75. The lowest BCUT2D eigenvalue weighted by molar-refractivity contribution is -0.186. The third kappa shape index (κ3) is 4.34. The van der Waals surface area contributed by atoms with Crippen LogP contribution in [0.3, 0.4) is 0 Å². The quantitative estimate of drug-likeness (QED) is 0.839. The lowest BCUT2D eigenvalue weighted by Gasteiger charge is -2.32. The first-order valence-electron chi connectivity index (χ1n) is 7.99. The molecule has 122 valence electrons. The van der Waals surface area contributed by atoms with Gasteiger partial charge in [0.25, 0.3) is 0 Å². The van der Waals surface area contributed by atoms with Crippen molar-refractivity contribution in [3.63, 3.8) is 0 Å². The number of hydrogen-bond donors (Lipinski definition) is 2. The van der Waals surface area contributed by atoms with E-state index in [0.717, 1.165) is 25.7 Å². The summed E-state index contributed by atoms with van der Waals surface area (Å²) in [6.07, 6.45) is 1.33. The minimum Gasteiger partial charge on any atom is -0.352 e. The van der Waals surface area contributed by atoms with Gasteiger partial charge in [-0.1, -0.05) is 19.3 Å².